The molecule has 0 aliphatic heterocycles. The fourth-order valence-electron chi connectivity index (χ4n) is 2.65. The molecule has 2 aromatic carbocycles. The molecule has 1 heterocycles. The second-order valence-corrected chi connectivity index (χ2v) is 6.00. The van der Waals surface area contributed by atoms with Crippen LogP contribution in [0.5, 0.6) is 5.75 Å². The number of nitrogens with one attached hydrogen (secondary N) is 2. The molecule has 1 aromatic heterocycles. The van der Waals surface area contributed by atoms with E-state index in [0.29, 0.717) is 6.54 Å². The van der Waals surface area contributed by atoms with Gasteiger partial charge in [-0.05, 0) is 42.3 Å². The summed E-state index contributed by atoms with van der Waals surface area (Å²) in [6.45, 7) is 0.669. The minimum absolute atomic E-state index is 0.157. The first kappa shape index (κ1) is 19.3. The molecule has 0 saturated heterocycles. The average molecular weight is 383 g/mol. The zero-order valence-electron chi connectivity index (χ0n) is 15.2. The van der Waals surface area contributed by atoms with Crippen molar-refractivity contribution in [3.63, 3.8) is 0 Å². The zero-order chi connectivity index (χ0) is 19.9. The number of ether oxygens (including phenoxy) is 1. The Balaban J connectivity index is 1.55. The van der Waals surface area contributed by atoms with E-state index in [-0.39, 0.29) is 11.4 Å². The molecule has 0 fully saturated rings. The number of pyridine rings is 1. The van der Waals surface area contributed by atoms with Crippen molar-refractivity contribution >= 4 is 17.3 Å². The fraction of sp³-hybridized carbons (Fsp3) is 0.143. The lowest BCUT2D eigenvalue weighted by Gasteiger charge is -2.10. The predicted molar refractivity (Wildman–Crippen MR) is 104 cm³/mol. The lowest BCUT2D eigenvalue weighted by Crippen LogP contribution is -2.14. The molecule has 0 bridgehead atoms. The molecule has 0 spiro atoms. The third-order valence-electron chi connectivity index (χ3n) is 4.09. The van der Waals surface area contributed by atoms with Gasteiger partial charge in [0.25, 0.3) is 5.91 Å². The van der Waals surface area contributed by atoms with Crippen molar-refractivity contribution in [2.24, 2.45) is 0 Å². The quantitative estimate of drug-likeness (QED) is 0.639. The van der Waals surface area contributed by atoms with Crippen LogP contribution >= 0.6 is 0 Å². The number of hydrogen-bond acceptors (Lipinski definition) is 4. The van der Waals surface area contributed by atoms with E-state index in [1.54, 1.807) is 25.4 Å². The first-order valence-electron chi connectivity index (χ1n) is 8.65. The monoisotopic (exact) mass is 383 g/mol. The van der Waals surface area contributed by atoms with Gasteiger partial charge in [-0.3, -0.25) is 4.79 Å². The first-order chi connectivity index (χ1) is 13.6. The summed E-state index contributed by atoms with van der Waals surface area (Å²) >= 11 is 0. The molecule has 0 atom stereocenters. The Bertz CT molecular complexity index is 962. The van der Waals surface area contributed by atoms with E-state index < -0.39 is 17.5 Å². The Morgan fingerprint density at radius 3 is 2.54 bits per heavy atom. The Kier molecular flexibility index (Phi) is 6.16. The third kappa shape index (κ3) is 4.82. The number of halogens is 2. The number of anilines is 2. The zero-order valence-corrected chi connectivity index (χ0v) is 15.2. The smallest absolute Gasteiger partial charge is 0.274 e. The van der Waals surface area contributed by atoms with Gasteiger partial charge < -0.3 is 15.4 Å². The van der Waals surface area contributed by atoms with Gasteiger partial charge in [-0.25, -0.2) is 13.8 Å². The van der Waals surface area contributed by atoms with Crippen LogP contribution in [0.15, 0.2) is 60.8 Å². The number of rotatable bonds is 7. The molecule has 144 valence electrons. The third-order valence-corrected chi connectivity index (χ3v) is 4.09. The molecule has 3 rings (SSSR count). The Morgan fingerprint density at radius 2 is 1.82 bits per heavy atom. The fourth-order valence-corrected chi connectivity index (χ4v) is 2.65. The van der Waals surface area contributed by atoms with E-state index in [0.717, 1.165) is 35.6 Å². The summed E-state index contributed by atoms with van der Waals surface area (Å²) in [6.07, 6.45) is 2.31. The molecule has 2 N–H and O–H groups in total. The number of carbonyl (C=O) groups excluding carboxylic acids is 1. The molecule has 0 unspecified atom stereocenters. The maximum Gasteiger partial charge on any atom is 0.274 e. The van der Waals surface area contributed by atoms with Gasteiger partial charge in [0, 0.05) is 18.3 Å². The van der Waals surface area contributed by atoms with Crippen LogP contribution in [0.3, 0.4) is 0 Å². The molecule has 7 heteroatoms. The minimum Gasteiger partial charge on any atom is -0.496 e. The van der Waals surface area contributed by atoms with E-state index in [1.807, 2.05) is 24.3 Å². The molecule has 0 aliphatic carbocycles. The summed E-state index contributed by atoms with van der Waals surface area (Å²) < 4.78 is 31.5. The van der Waals surface area contributed by atoms with E-state index in [1.165, 1.54) is 6.07 Å². The number of benzene rings is 2. The summed E-state index contributed by atoms with van der Waals surface area (Å²) in [5, 5.41) is 5.71. The summed E-state index contributed by atoms with van der Waals surface area (Å²) in [6, 6.07) is 14.2. The largest absolute Gasteiger partial charge is 0.496 e. The summed E-state index contributed by atoms with van der Waals surface area (Å²) in [7, 11) is 1.64. The van der Waals surface area contributed by atoms with Gasteiger partial charge in [0.1, 0.15) is 11.4 Å². The van der Waals surface area contributed by atoms with Crippen molar-refractivity contribution in [3.8, 4) is 5.75 Å². The molecule has 0 aliphatic rings. The van der Waals surface area contributed by atoms with Crippen LogP contribution < -0.4 is 15.4 Å². The van der Waals surface area contributed by atoms with Crippen molar-refractivity contribution < 1.29 is 18.3 Å². The lowest BCUT2D eigenvalue weighted by atomic mass is 10.1. The highest BCUT2D eigenvalue weighted by molar-refractivity contribution is 6.02. The second kappa shape index (κ2) is 8.94. The van der Waals surface area contributed by atoms with Gasteiger partial charge >= 0.3 is 0 Å². The van der Waals surface area contributed by atoms with Crippen molar-refractivity contribution in [1.82, 2.24) is 4.98 Å². The molecular weight excluding hydrogens is 364 g/mol. The van der Waals surface area contributed by atoms with E-state index in [9.17, 15) is 13.6 Å². The van der Waals surface area contributed by atoms with Gasteiger partial charge in [-0.2, -0.15) is 0 Å². The van der Waals surface area contributed by atoms with E-state index >= 15 is 0 Å². The standard InChI is InChI=1S/C21H19F2N3O2/c1-28-20-5-3-2-4-14(20)10-11-24-16-7-9-19(25-13-16)21(27)26-15-6-8-17(22)18(23)12-15/h2-9,12-13,24H,10-11H2,1H3,(H,26,27). The summed E-state index contributed by atoms with van der Waals surface area (Å²) in [4.78, 5) is 16.3. The van der Waals surface area contributed by atoms with Crippen LogP contribution in [-0.2, 0) is 6.42 Å². The number of aromatic nitrogens is 1. The number of nitrogens with zero attached hydrogens (tertiary/aromatic N) is 1. The van der Waals surface area contributed by atoms with Gasteiger partial charge in [-0.1, -0.05) is 18.2 Å². The predicted octanol–water partition coefficient (Wildman–Crippen LogP) is 4.28. The molecule has 3 aromatic rings. The molecular formula is C21H19F2N3O2. The number of carbonyl (C=O) groups is 1. The summed E-state index contributed by atoms with van der Waals surface area (Å²) in [5.74, 6) is -1.67. The molecule has 1 amide bonds. The van der Waals surface area contributed by atoms with Crippen molar-refractivity contribution in [2.75, 3.05) is 24.3 Å². The number of amides is 1. The Labute approximate surface area is 161 Å². The van der Waals surface area contributed by atoms with Crippen LogP contribution in [0.25, 0.3) is 0 Å². The maximum atomic E-state index is 13.2. The second-order valence-electron chi connectivity index (χ2n) is 6.00. The maximum absolute atomic E-state index is 13.2. The van der Waals surface area contributed by atoms with Gasteiger partial charge in [-0.15, -0.1) is 0 Å². The van der Waals surface area contributed by atoms with Crippen LogP contribution in [0, 0.1) is 11.6 Å². The SMILES string of the molecule is COc1ccccc1CCNc1ccc(C(=O)Nc2ccc(F)c(F)c2)nc1. The lowest BCUT2D eigenvalue weighted by molar-refractivity contribution is 0.102. The van der Waals surface area contributed by atoms with Crippen molar-refractivity contribution in [1.29, 1.82) is 0 Å². The molecule has 28 heavy (non-hydrogen) atoms. The van der Waals surface area contributed by atoms with Crippen LogP contribution in [-0.4, -0.2) is 24.5 Å². The van der Waals surface area contributed by atoms with Crippen LogP contribution in [0.2, 0.25) is 0 Å². The average Bonchev–Trinajstić information content (AvgIpc) is 2.71. The highest BCUT2D eigenvalue weighted by Crippen LogP contribution is 2.18. The highest BCUT2D eigenvalue weighted by atomic mass is 19.2. The Hall–Kier alpha value is -3.48. The van der Waals surface area contributed by atoms with Crippen LogP contribution in [0.1, 0.15) is 16.1 Å². The van der Waals surface area contributed by atoms with E-state index in [2.05, 4.69) is 15.6 Å². The van der Waals surface area contributed by atoms with Gasteiger partial charge in [0.15, 0.2) is 11.6 Å². The molecule has 0 radical (unpaired) electrons. The van der Waals surface area contributed by atoms with Gasteiger partial charge in [0.2, 0.25) is 0 Å². The van der Waals surface area contributed by atoms with Crippen molar-refractivity contribution in [3.05, 3.63) is 83.7 Å². The normalized spacial score (nSPS) is 10.4. The molecule has 0 saturated carbocycles. The minimum atomic E-state index is -1.03. The highest BCUT2D eigenvalue weighted by Gasteiger charge is 2.10. The number of methoxy groups -OCH3 is 1. The Morgan fingerprint density at radius 1 is 1.04 bits per heavy atom. The van der Waals surface area contributed by atoms with Crippen molar-refractivity contribution in [2.45, 2.75) is 6.42 Å². The first-order valence-corrected chi connectivity index (χ1v) is 8.65. The number of hydrogen-bond donors (Lipinski definition) is 2. The van der Waals surface area contributed by atoms with E-state index in [4.69, 9.17) is 4.74 Å². The number of para-hydroxylation sites is 1. The van der Waals surface area contributed by atoms with Gasteiger partial charge in [0.05, 0.1) is 19.0 Å². The molecule has 5 nitrogen and oxygen atoms in total. The topological polar surface area (TPSA) is 63.2 Å². The summed E-state index contributed by atoms with van der Waals surface area (Å²) in [5.41, 5.74) is 2.18. The van der Waals surface area contributed by atoms with Crippen LogP contribution in [0.4, 0.5) is 20.2 Å².